The first kappa shape index (κ1) is 26.6. The quantitative estimate of drug-likeness (QED) is 0.505. The fourth-order valence-electron chi connectivity index (χ4n) is 8.46. The van der Waals surface area contributed by atoms with Crippen LogP contribution in [-0.2, 0) is 14.3 Å². The third-order valence-electron chi connectivity index (χ3n) is 10.6. The Kier molecular flexibility index (Phi) is 7.40. The van der Waals surface area contributed by atoms with Crippen molar-refractivity contribution >= 4 is 11.7 Å². The van der Waals surface area contributed by atoms with Crippen LogP contribution < -0.4 is 0 Å². The highest BCUT2D eigenvalue weighted by Gasteiger charge is 2.66. The maximum absolute atomic E-state index is 13.3. The van der Waals surface area contributed by atoms with Gasteiger partial charge in [-0.25, -0.2) is 0 Å². The molecule has 6 nitrogen and oxygen atoms in total. The summed E-state index contributed by atoms with van der Waals surface area (Å²) in [6.45, 7) is 11.3. The number of ketones is 1. The second kappa shape index (κ2) is 9.75. The Hall–Kier alpha value is -1.50. The van der Waals surface area contributed by atoms with Crippen molar-refractivity contribution in [2.24, 2.45) is 28.6 Å². The summed E-state index contributed by atoms with van der Waals surface area (Å²) in [5.41, 5.74) is -0.712. The third-order valence-corrected chi connectivity index (χ3v) is 10.6. The lowest BCUT2D eigenvalue weighted by atomic mass is 9.46. The largest absolute Gasteiger partial charge is 0.393 e. The molecule has 0 saturated heterocycles. The number of fused-ring (bicyclic) bond motifs is 5. The van der Waals surface area contributed by atoms with E-state index in [0.29, 0.717) is 38.8 Å². The summed E-state index contributed by atoms with van der Waals surface area (Å²) >= 11 is 0. The van der Waals surface area contributed by atoms with Gasteiger partial charge in [0.25, 0.3) is 0 Å². The number of carbonyl (C=O) groups is 2. The van der Waals surface area contributed by atoms with Crippen molar-refractivity contribution in [1.29, 1.82) is 0 Å². The summed E-state index contributed by atoms with van der Waals surface area (Å²) in [7, 11) is 1.65. The van der Waals surface area contributed by atoms with Gasteiger partial charge in [0, 0.05) is 37.5 Å². The highest BCUT2D eigenvalue weighted by Crippen LogP contribution is 2.67. The van der Waals surface area contributed by atoms with Crippen molar-refractivity contribution in [1.82, 2.24) is 4.90 Å². The van der Waals surface area contributed by atoms with Crippen LogP contribution in [0.4, 0.5) is 0 Å². The molecule has 8 atom stereocenters. The van der Waals surface area contributed by atoms with Gasteiger partial charge in [-0.05, 0) is 87.2 Å². The number of amides is 1. The van der Waals surface area contributed by atoms with E-state index in [2.05, 4.69) is 27.4 Å². The van der Waals surface area contributed by atoms with Gasteiger partial charge in [-0.2, -0.15) is 0 Å². The van der Waals surface area contributed by atoms with E-state index in [1.165, 1.54) is 0 Å². The van der Waals surface area contributed by atoms with E-state index in [9.17, 15) is 19.8 Å². The van der Waals surface area contributed by atoms with Crippen LogP contribution in [0.5, 0.6) is 0 Å². The number of allylic oxidation sites excluding steroid dienone is 2. The number of ether oxygens (including phenoxy) is 1. The molecule has 2 N–H and O–H groups in total. The van der Waals surface area contributed by atoms with Crippen molar-refractivity contribution in [3.8, 4) is 0 Å². The lowest BCUT2D eigenvalue weighted by Gasteiger charge is -2.60. The van der Waals surface area contributed by atoms with Gasteiger partial charge in [0.05, 0.1) is 18.3 Å². The van der Waals surface area contributed by atoms with Crippen molar-refractivity contribution in [2.75, 3.05) is 20.3 Å². The topological polar surface area (TPSA) is 87.1 Å². The molecule has 0 aliphatic heterocycles. The third kappa shape index (κ3) is 4.14. The molecule has 0 aromatic heterocycles. The van der Waals surface area contributed by atoms with Crippen LogP contribution in [0.2, 0.25) is 0 Å². The number of hydrogen-bond donors (Lipinski definition) is 2. The van der Waals surface area contributed by atoms with Crippen LogP contribution in [0.3, 0.4) is 0 Å². The van der Waals surface area contributed by atoms with E-state index in [-0.39, 0.29) is 40.9 Å². The molecule has 7 unspecified atom stereocenters. The Bertz CT molecular complexity index is 884. The number of aliphatic hydroxyl groups excluding tert-OH is 1. The number of carbonyl (C=O) groups excluding carboxylic acids is 2. The molecule has 3 saturated carbocycles. The van der Waals surface area contributed by atoms with Gasteiger partial charge in [-0.1, -0.05) is 19.9 Å². The first-order chi connectivity index (χ1) is 16.5. The summed E-state index contributed by atoms with van der Waals surface area (Å²) in [6.07, 6.45) is 9.54. The molecule has 1 amide bonds. The van der Waals surface area contributed by atoms with Crippen LogP contribution in [0.25, 0.3) is 0 Å². The highest BCUT2D eigenvalue weighted by atomic mass is 16.5. The maximum atomic E-state index is 13.3. The SMILES string of the molecule is C=CCCC(=O)N(CCOC)C(C)C1CC[C@@]2(O)C3=CC(=O)C4CC(O)CCC4(C)C3CCC12C. The Morgan fingerprint density at radius 2 is 2.00 bits per heavy atom. The van der Waals surface area contributed by atoms with Gasteiger partial charge < -0.3 is 19.8 Å². The van der Waals surface area contributed by atoms with E-state index < -0.39 is 17.1 Å². The van der Waals surface area contributed by atoms with Gasteiger partial charge in [0.15, 0.2) is 5.78 Å². The Morgan fingerprint density at radius 1 is 1.26 bits per heavy atom. The second-order valence-electron chi connectivity index (χ2n) is 12.2. The molecule has 35 heavy (non-hydrogen) atoms. The molecule has 4 aliphatic rings. The van der Waals surface area contributed by atoms with Crippen LogP contribution in [0.1, 0.15) is 78.6 Å². The Morgan fingerprint density at radius 3 is 2.69 bits per heavy atom. The maximum Gasteiger partial charge on any atom is 0.223 e. The molecule has 0 spiro atoms. The molecule has 0 bridgehead atoms. The smallest absolute Gasteiger partial charge is 0.223 e. The molecular formula is C29H45NO5. The lowest BCUT2D eigenvalue weighted by molar-refractivity contribution is -0.145. The first-order valence-electron chi connectivity index (χ1n) is 13.6. The summed E-state index contributed by atoms with van der Waals surface area (Å²) in [6, 6.07) is -0.0360. The molecule has 0 aromatic rings. The molecule has 4 aliphatic carbocycles. The summed E-state index contributed by atoms with van der Waals surface area (Å²) in [4.78, 5) is 28.4. The standard InChI is InChI=1S/C29H45NO5/c1-6-7-8-26(33)30(15-16-35-5)19(2)21-11-14-29(34)23-18-25(32)24-17-20(31)9-12-27(24,3)22(23)10-13-28(21,29)4/h6,18-22,24,31,34H,1,7-17H2,2-5H3/t19?,20?,21?,22?,24?,27?,28?,29-/m1/s1. The van der Waals surface area contributed by atoms with Gasteiger partial charge >= 0.3 is 0 Å². The number of nitrogens with zero attached hydrogens (tertiary/aromatic N) is 1. The van der Waals surface area contributed by atoms with Crippen LogP contribution in [0.15, 0.2) is 24.3 Å². The van der Waals surface area contributed by atoms with Crippen LogP contribution in [-0.4, -0.2) is 64.8 Å². The average molecular weight is 488 g/mol. The van der Waals surface area contributed by atoms with Gasteiger partial charge in [-0.15, -0.1) is 6.58 Å². The van der Waals surface area contributed by atoms with Crippen molar-refractivity contribution in [2.45, 2.75) is 96.3 Å². The van der Waals surface area contributed by atoms with Gasteiger partial charge in [0.1, 0.15) is 0 Å². The van der Waals surface area contributed by atoms with Gasteiger partial charge in [-0.3, -0.25) is 9.59 Å². The van der Waals surface area contributed by atoms with E-state index >= 15 is 0 Å². The fraction of sp³-hybridized carbons (Fsp3) is 0.793. The van der Waals surface area contributed by atoms with E-state index in [4.69, 9.17) is 4.74 Å². The van der Waals surface area contributed by atoms with Crippen molar-refractivity contribution in [3.63, 3.8) is 0 Å². The Balaban J connectivity index is 1.64. The van der Waals surface area contributed by atoms with E-state index in [0.717, 1.165) is 37.7 Å². The predicted octanol–water partition coefficient (Wildman–Crippen LogP) is 4.05. The monoisotopic (exact) mass is 487 g/mol. The second-order valence-corrected chi connectivity index (χ2v) is 12.2. The van der Waals surface area contributed by atoms with Crippen LogP contribution in [0, 0.1) is 28.6 Å². The molecule has 4 rings (SSSR count). The van der Waals surface area contributed by atoms with E-state index in [1.54, 1.807) is 19.3 Å². The molecule has 196 valence electrons. The summed E-state index contributed by atoms with van der Waals surface area (Å²) in [5, 5.41) is 22.6. The molecule has 3 fully saturated rings. The fourth-order valence-corrected chi connectivity index (χ4v) is 8.46. The molecule has 0 aromatic carbocycles. The summed E-state index contributed by atoms with van der Waals surface area (Å²) in [5.74, 6) is 0.325. The van der Waals surface area contributed by atoms with Gasteiger partial charge in [0.2, 0.25) is 5.91 Å². The van der Waals surface area contributed by atoms with Crippen molar-refractivity contribution in [3.05, 3.63) is 24.3 Å². The van der Waals surface area contributed by atoms with E-state index in [1.807, 2.05) is 4.90 Å². The number of aliphatic hydroxyl groups is 2. The minimum absolute atomic E-state index is 0.0360. The van der Waals surface area contributed by atoms with Crippen LogP contribution >= 0.6 is 0 Å². The molecule has 0 radical (unpaired) electrons. The molecule has 0 heterocycles. The predicted molar refractivity (Wildman–Crippen MR) is 136 cm³/mol. The minimum Gasteiger partial charge on any atom is -0.393 e. The zero-order chi connectivity index (χ0) is 25.6. The number of methoxy groups -OCH3 is 1. The lowest BCUT2D eigenvalue weighted by Crippen LogP contribution is -2.60. The zero-order valence-electron chi connectivity index (χ0n) is 22.1. The minimum atomic E-state index is -1.04. The van der Waals surface area contributed by atoms with Crippen molar-refractivity contribution < 1.29 is 24.5 Å². The average Bonchev–Trinajstić information content (AvgIpc) is 3.10. The highest BCUT2D eigenvalue weighted by molar-refractivity contribution is 5.95. The zero-order valence-corrected chi connectivity index (χ0v) is 22.1. The Labute approximate surface area is 210 Å². The molecular weight excluding hydrogens is 442 g/mol. The summed E-state index contributed by atoms with van der Waals surface area (Å²) < 4.78 is 5.31. The first-order valence-corrected chi connectivity index (χ1v) is 13.6. The number of rotatable bonds is 8. The molecule has 6 heteroatoms. The normalized spacial score (nSPS) is 41.3. The number of hydrogen-bond acceptors (Lipinski definition) is 5.